The lowest BCUT2D eigenvalue weighted by Crippen LogP contribution is -2.23. The lowest BCUT2D eigenvalue weighted by molar-refractivity contribution is -0.385. The summed E-state index contributed by atoms with van der Waals surface area (Å²) >= 11 is 0. The van der Waals surface area contributed by atoms with Gasteiger partial charge in [0.2, 0.25) is 0 Å². The fraction of sp³-hybridized carbons (Fsp3) is 0.400. The number of nitro benzene ring substituents is 1. The van der Waals surface area contributed by atoms with Crippen molar-refractivity contribution in [2.45, 2.75) is 18.9 Å². The maximum absolute atomic E-state index is 11.5. The van der Waals surface area contributed by atoms with Crippen LogP contribution in [0.1, 0.15) is 24.4 Å². The average molecular weight is 302 g/mol. The Morgan fingerprint density at radius 1 is 1.45 bits per heavy atom. The summed E-state index contributed by atoms with van der Waals surface area (Å²) in [6.45, 7) is 0.785. The minimum absolute atomic E-state index is 0.0285. The third-order valence-electron chi connectivity index (χ3n) is 4.05. The van der Waals surface area contributed by atoms with Gasteiger partial charge >= 0.3 is 5.69 Å². The number of aryl methyl sites for hydroxylation is 1. The van der Waals surface area contributed by atoms with Crippen LogP contribution >= 0.6 is 0 Å². The van der Waals surface area contributed by atoms with Gasteiger partial charge in [-0.05, 0) is 25.0 Å². The summed E-state index contributed by atoms with van der Waals surface area (Å²) in [7, 11) is 3.32. The van der Waals surface area contributed by atoms with E-state index in [9.17, 15) is 10.1 Å². The van der Waals surface area contributed by atoms with Crippen LogP contribution in [-0.4, -0.2) is 28.4 Å². The van der Waals surface area contributed by atoms with E-state index in [-0.39, 0.29) is 16.7 Å². The van der Waals surface area contributed by atoms with Crippen molar-refractivity contribution in [3.05, 3.63) is 46.3 Å². The largest absolute Gasteiger partial charge is 0.490 e. The number of anilines is 1. The molecule has 116 valence electrons. The Balaban J connectivity index is 2.04. The van der Waals surface area contributed by atoms with Crippen molar-refractivity contribution >= 4 is 11.4 Å². The number of aromatic nitrogens is 2. The Labute approximate surface area is 128 Å². The van der Waals surface area contributed by atoms with Gasteiger partial charge < -0.3 is 9.64 Å². The molecule has 7 nitrogen and oxygen atoms in total. The first kappa shape index (κ1) is 14.4. The topological polar surface area (TPSA) is 73.4 Å². The molecule has 0 aliphatic carbocycles. The van der Waals surface area contributed by atoms with E-state index in [2.05, 4.69) is 10.00 Å². The summed E-state index contributed by atoms with van der Waals surface area (Å²) in [6, 6.07) is 5.31. The van der Waals surface area contributed by atoms with Crippen LogP contribution in [-0.2, 0) is 7.05 Å². The first-order valence-corrected chi connectivity index (χ1v) is 7.18. The zero-order chi connectivity index (χ0) is 15.7. The molecular formula is C15H18N4O3. The Hall–Kier alpha value is -2.57. The van der Waals surface area contributed by atoms with Crippen molar-refractivity contribution in [1.29, 1.82) is 0 Å². The molecule has 7 heteroatoms. The zero-order valence-corrected chi connectivity index (χ0v) is 12.6. The van der Waals surface area contributed by atoms with Gasteiger partial charge in [0, 0.05) is 25.4 Å². The maximum atomic E-state index is 11.5. The van der Waals surface area contributed by atoms with Gasteiger partial charge in [0.25, 0.3) is 0 Å². The van der Waals surface area contributed by atoms with Gasteiger partial charge in [0.05, 0.1) is 24.3 Å². The predicted octanol–water partition coefficient (Wildman–Crippen LogP) is 2.68. The molecule has 0 N–H and O–H groups in total. The SMILES string of the molecule is COc1cccc(N2CCCC2c2cnn(C)c2)c1[N+](=O)[O-]. The highest BCUT2D eigenvalue weighted by atomic mass is 16.6. The summed E-state index contributed by atoms with van der Waals surface area (Å²) in [6.07, 6.45) is 5.75. The maximum Gasteiger partial charge on any atom is 0.333 e. The number of nitrogens with zero attached hydrogens (tertiary/aromatic N) is 4. The van der Waals surface area contributed by atoms with Crippen LogP contribution in [0.25, 0.3) is 0 Å². The van der Waals surface area contributed by atoms with E-state index in [4.69, 9.17) is 4.74 Å². The number of para-hydroxylation sites is 1. The van der Waals surface area contributed by atoms with E-state index < -0.39 is 0 Å². The van der Waals surface area contributed by atoms with Crippen molar-refractivity contribution in [2.24, 2.45) is 7.05 Å². The van der Waals surface area contributed by atoms with Crippen LogP contribution in [0.2, 0.25) is 0 Å². The van der Waals surface area contributed by atoms with Crippen LogP contribution < -0.4 is 9.64 Å². The molecule has 1 aromatic carbocycles. The fourth-order valence-corrected chi connectivity index (χ4v) is 3.10. The van der Waals surface area contributed by atoms with Gasteiger partial charge in [-0.3, -0.25) is 14.8 Å². The van der Waals surface area contributed by atoms with Crippen molar-refractivity contribution in [1.82, 2.24) is 9.78 Å². The standard InChI is InChI=1S/C15H18N4O3/c1-17-10-11(9-16-17)12-6-4-8-18(12)13-5-3-7-14(22-2)15(13)19(20)21/h3,5,7,9-10,12H,4,6,8H2,1-2H3. The molecule has 0 amide bonds. The first-order valence-electron chi connectivity index (χ1n) is 7.18. The van der Waals surface area contributed by atoms with E-state index >= 15 is 0 Å². The van der Waals surface area contributed by atoms with Gasteiger partial charge in [-0.15, -0.1) is 0 Å². The minimum atomic E-state index is -0.368. The van der Waals surface area contributed by atoms with Crippen LogP contribution in [0.4, 0.5) is 11.4 Å². The molecule has 1 aliphatic rings. The molecule has 1 fully saturated rings. The summed E-state index contributed by atoms with van der Waals surface area (Å²) in [5.41, 5.74) is 1.72. The number of rotatable bonds is 4. The van der Waals surface area contributed by atoms with E-state index in [0.717, 1.165) is 24.9 Å². The highest BCUT2D eigenvalue weighted by Crippen LogP contribution is 2.43. The molecule has 2 heterocycles. The van der Waals surface area contributed by atoms with Crippen molar-refractivity contribution in [2.75, 3.05) is 18.6 Å². The highest BCUT2D eigenvalue weighted by Gasteiger charge is 2.33. The van der Waals surface area contributed by atoms with Gasteiger partial charge in [-0.25, -0.2) is 0 Å². The van der Waals surface area contributed by atoms with Gasteiger partial charge in [-0.1, -0.05) is 6.07 Å². The fourth-order valence-electron chi connectivity index (χ4n) is 3.10. The molecule has 0 bridgehead atoms. The van der Waals surface area contributed by atoms with Gasteiger partial charge in [0.1, 0.15) is 5.69 Å². The average Bonchev–Trinajstić information content (AvgIpc) is 3.14. The molecule has 0 radical (unpaired) electrons. The summed E-state index contributed by atoms with van der Waals surface area (Å²) in [5.74, 6) is 0.291. The number of hydrogen-bond acceptors (Lipinski definition) is 5. The lowest BCUT2D eigenvalue weighted by atomic mass is 10.1. The predicted molar refractivity (Wildman–Crippen MR) is 82.2 cm³/mol. The molecule has 1 aliphatic heterocycles. The quantitative estimate of drug-likeness (QED) is 0.641. The van der Waals surface area contributed by atoms with Crippen molar-refractivity contribution in [3.8, 4) is 5.75 Å². The number of ether oxygens (including phenoxy) is 1. The molecule has 0 saturated carbocycles. The second kappa shape index (κ2) is 5.67. The van der Waals surface area contributed by atoms with Crippen LogP contribution in [0.3, 0.4) is 0 Å². The van der Waals surface area contributed by atoms with Gasteiger partial charge in [0.15, 0.2) is 5.75 Å². The van der Waals surface area contributed by atoms with E-state index in [1.54, 1.807) is 22.9 Å². The molecular weight excluding hydrogens is 284 g/mol. The Morgan fingerprint density at radius 2 is 2.27 bits per heavy atom. The van der Waals surface area contributed by atoms with Crippen LogP contribution in [0.5, 0.6) is 5.75 Å². The number of methoxy groups -OCH3 is 1. The number of benzene rings is 1. The molecule has 1 saturated heterocycles. The summed E-state index contributed by atoms with van der Waals surface area (Å²) < 4.78 is 6.92. The Bertz CT molecular complexity index is 698. The van der Waals surface area contributed by atoms with Crippen molar-refractivity contribution < 1.29 is 9.66 Å². The van der Waals surface area contributed by atoms with E-state index in [1.807, 2.05) is 19.4 Å². The van der Waals surface area contributed by atoms with Gasteiger partial charge in [-0.2, -0.15) is 5.10 Å². The number of nitro groups is 1. The Kier molecular flexibility index (Phi) is 3.70. The second-order valence-corrected chi connectivity index (χ2v) is 5.38. The molecule has 2 aromatic rings. The molecule has 3 rings (SSSR count). The molecule has 1 unspecified atom stereocenters. The Morgan fingerprint density at radius 3 is 2.91 bits per heavy atom. The molecule has 0 spiro atoms. The highest BCUT2D eigenvalue weighted by molar-refractivity contribution is 5.70. The van der Waals surface area contributed by atoms with E-state index in [0.29, 0.717) is 11.4 Å². The minimum Gasteiger partial charge on any atom is -0.490 e. The number of hydrogen-bond donors (Lipinski definition) is 0. The zero-order valence-electron chi connectivity index (χ0n) is 12.6. The van der Waals surface area contributed by atoms with Crippen LogP contribution in [0, 0.1) is 10.1 Å². The normalized spacial score (nSPS) is 17.7. The summed E-state index contributed by atoms with van der Waals surface area (Å²) in [5, 5.41) is 15.7. The smallest absolute Gasteiger partial charge is 0.333 e. The van der Waals surface area contributed by atoms with Crippen LogP contribution in [0.15, 0.2) is 30.6 Å². The second-order valence-electron chi connectivity index (χ2n) is 5.38. The summed E-state index contributed by atoms with van der Waals surface area (Å²) in [4.78, 5) is 13.2. The van der Waals surface area contributed by atoms with E-state index in [1.165, 1.54) is 7.11 Å². The first-order chi connectivity index (χ1) is 10.6. The monoisotopic (exact) mass is 302 g/mol. The molecule has 1 aromatic heterocycles. The molecule has 22 heavy (non-hydrogen) atoms. The lowest BCUT2D eigenvalue weighted by Gasteiger charge is -2.26. The van der Waals surface area contributed by atoms with Crippen molar-refractivity contribution in [3.63, 3.8) is 0 Å². The third kappa shape index (κ3) is 2.38. The molecule has 1 atom stereocenters. The third-order valence-corrected chi connectivity index (χ3v) is 4.05.